The molecular weight excluding hydrogens is 386 g/mol. The number of H-pyrrole nitrogens is 1. The number of anilines is 1. The second kappa shape index (κ2) is 7.42. The Morgan fingerprint density at radius 1 is 1.22 bits per heavy atom. The highest BCUT2D eigenvalue weighted by molar-refractivity contribution is 7.99. The number of methoxy groups -OCH3 is 1. The van der Waals surface area contributed by atoms with Gasteiger partial charge in [-0.1, -0.05) is 23.4 Å². The number of halogens is 1. The van der Waals surface area contributed by atoms with Gasteiger partial charge >= 0.3 is 0 Å². The van der Waals surface area contributed by atoms with E-state index >= 15 is 0 Å². The van der Waals surface area contributed by atoms with E-state index in [1.165, 1.54) is 11.8 Å². The molecule has 0 radical (unpaired) electrons. The molecule has 2 heterocycles. The molecule has 0 aliphatic heterocycles. The third-order valence-electron chi connectivity index (χ3n) is 3.86. The van der Waals surface area contributed by atoms with Crippen LogP contribution in [0, 0.1) is 0 Å². The van der Waals surface area contributed by atoms with Gasteiger partial charge in [-0.25, -0.2) is 4.98 Å². The molecule has 0 atom stereocenters. The highest BCUT2D eigenvalue weighted by Gasteiger charge is 2.11. The van der Waals surface area contributed by atoms with Gasteiger partial charge in [0.25, 0.3) is 0 Å². The predicted molar refractivity (Wildman–Crippen MR) is 107 cm³/mol. The van der Waals surface area contributed by atoms with Crippen LogP contribution in [0.25, 0.3) is 22.1 Å². The molecule has 0 saturated heterocycles. The largest absolute Gasteiger partial charge is 0.497 e. The number of rotatable bonds is 5. The molecule has 27 heavy (non-hydrogen) atoms. The molecule has 0 unspecified atom stereocenters. The fraction of sp³-hybridized carbons (Fsp3) is 0.111. The molecule has 2 N–H and O–H groups in total. The molecule has 9 heteroatoms. The van der Waals surface area contributed by atoms with Crippen LogP contribution in [0.3, 0.4) is 0 Å². The van der Waals surface area contributed by atoms with Gasteiger partial charge in [-0.3, -0.25) is 4.79 Å². The number of amides is 1. The van der Waals surface area contributed by atoms with Crippen molar-refractivity contribution < 1.29 is 9.53 Å². The van der Waals surface area contributed by atoms with E-state index in [4.69, 9.17) is 16.3 Å². The van der Waals surface area contributed by atoms with E-state index in [0.29, 0.717) is 27.0 Å². The predicted octanol–water partition coefficient (Wildman–Crippen LogP) is 3.90. The summed E-state index contributed by atoms with van der Waals surface area (Å²) in [5, 5.41) is 13.1. The summed E-state index contributed by atoms with van der Waals surface area (Å²) in [6, 6.07) is 12.6. The van der Waals surface area contributed by atoms with E-state index in [9.17, 15) is 4.79 Å². The van der Waals surface area contributed by atoms with Gasteiger partial charge in [0.15, 0.2) is 5.65 Å². The molecule has 0 bridgehead atoms. The van der Waals surface area contributed by atoms with E-state index in [1.54, 1.807) is 37.4 Å². The number of nitrogens with zero attached hydrogens (tertiary/aromatic N) is 3. The van der Waals surface area contributed by atoms with Crippen LogP contribution in [-0.4, -0.2) is 38.9 Å². The Labute approximate surface area is 163 Å². The molecule has 0 aliphatic rings. The number of benzene rings is 2. The van der Waals surface area contributed by atoms with Crippen LogP contribution < -0.4 is 10.1 Å². The SMILES string of the molecule is COc1ccc(NC(=O)CSc2nnc3c(n2)[nH]c2ccc(Cl)cc23)cc1. The molecular formula is C18H14ClN5O2S. The number of nitrogens with one attached hydrogen (secondary N) is 2. The fourth-order valence-electron chi connectivity index (χ4n) is 2.59. The zero-order valence-corrected chi connectivity index (χ0v) is 15.8. The number of ether oxygens (including phenoxy) is 1. The first-order valence-electron chi connectivity index (χ1n) is 8.01. The third kappa shape index (κ3) is 3.81. The van der Waals surface area contributed by atoms with Gasteiger partial charge in [0.2, 0.25) is 11.1 Å². The van der Waals surface area contributed by atoms with Gasteiger partial charge in [0, 0.05) is 21.6 Å². The molecule has 0 saturated carbocycles. The lowest BCUT2D eigenvalue weighted by Crippen LogP contribution is -2.14. The van der Waals surface area contributed by atoms with Gasteiger partial charge in [-0.2, -0.15) is 0 Å². The smallest absolute Gasteiger partial charge is 0.234 e. The van der Waals surface area contributed by atoms with Crippen molar-refractivity contribution in [2.45, 2.75) is 5.16 Å². The summed E-state index contributed by atoms with van der Waals surface area (Å²) in [4.78, 5) is 19.7. The second-order valence-corrected chi connectivity index (χ2v) is 7.05. The maximum Gasteiger partial charge on any atom is 0.234 e. The van der Waals surface area contributed by atoms with Crippen LogP contribution >= 0.6 is 23.4 Å². The molecule has 4 aromatic rings. The molecule has 7 nitrogen and oxygen atoms in total. The number of hydrogen-bond donors (Lipinski definition) is 2. The Kier molecular flexibility index (Phi) is 4.83. The molecule has 1 amide bonds. The Hall–Kier alpha value is -2.84. The molecule has 0 aliphatic carbocycles. The lowest BCUT2D eigenvalue weighted by molar-refractivity contribution is -0.113. The monoisotopic (exact) mass is 399 g/mol. The van der Waals surface area contributed by atoms with Crippen LogP contribution in [-0.2, 0) is 4.79 Å². The van der Waals surface area contributed by atoms with Crippen LogP contribution in [0.2, 0.25) is 5.02 Å². The average molecular weight is 400 g/mol. The van der Waals surface area contributed by atoms with Gasteiger partial charge in [0.05, 0.1) is 12.9 Å². The zero-order chi connectivity index (χ0) is 18.8. The first kappa shape index (κ1) is 17.6. The summed E-state index contributed by atoms with van der Waals surface area (Å²) in [5.41, 5.74) is 2.85. The molecule has 4 rings (SSSR count). The first-order valence-corrected chi connectivity index (χ1v) is 9.37. The van der Waals surface area contributed by atoms with Crippen LogP contribution in [0.15, 0.2) is 47.6 Å². The van der Waals surface area contributed by atoms with Crippen LogP contribution in [0.5, 0.6) is 5.75 Å². The van der Waals surface area contributed by atoms with E-state index < -0.39 is 0 Å². The van der Waals surface area contributed by atoms with Crippen molar-refractivity contribution in [3.05, 3.63) is 47.5 Å². The van der Waals surface area contributed by atoms with Gasteiger partial charge < -0.3 is 15.0 Å². The van der Waals surface area contributed by atoms with Crippen molar-refractivity contribution in [1.82, 2.24) is 20.2 Å². The number of hydrogen-bond acceptors (Lipinski definition) is 6. The van der Waals surface area contributed by atoms with Gasteiger partial charge in [0.1, 0.15) is 11.3 Å². The van der Waals surface area contributed by atoms with Crippen molar-refractivity contribution >= 4 is 57.0 Å². The van der Waals surface area contributed by atoms with Gasteiger partial charge in [-0.05, 0) is 42.5 Å². The number of carbonyl (C=O) groups is 1. The van der Waals surface area contributed by atoms with Crippen molar-refractivity contribution in [3.8, 4) is 5.75 Å². The quantitative estimate of drug-likeness (QED) is 0.494. The molecule has 0 fully saturated rings. The fourth-order valence-corrected chi connectivity index (χ4v) is 3.35. The molecule has 2 aromatic heterocycles. The minimum atomic E-state index is -0.155. The maximum atomic E-state index is 12.1. The summed E-state index contributed by atoms with van der Waals surface area (Å²) in [6.07, 6.45) is 0. The Balaban J connectivity index is 1.45. The summed E-state index contributed by atoms with van der Waals surface area (Å²) >= 11 is 7.25. The minimum absolute atomic E-state index is 0.155. The molecule has 136 valence electrons. The van der Waals surface area contributed by atoms with Crippen molar-refractivity contribution in [2.75, 3.05) is 18.2 Å². The number of carbonyl (C=O) groups excluding carboxylic acids is 1. The highest BCUT2D eigenvalue weighted by Crippen LogP contribution is 2.26. The van der Waals surface area contributed by atoms with E-state index in [1.807, 2.05) is 12.1 Å². The Morgan fingerprint density at radius 2 is 2.04 bits per heavy atom. The summed E-state index contributed by atoms with van der Waals surface area (Å²) in [7, 11) is 1.59. The lowest BCUT2D eigenvalue weighted by Gasteiger charge is -2.05. The summed E-state index contributed by atoms with van der Waals surface area (Å²) in [6.45, 7) is 0. The number of thioether (sulfide) groups is 1. The number of aromatic nitrogens is 4. The zero-order valence-electron chi connectivity index (χ0n) is 14.2. The number of aromatic amines is 1. The van der Waals surface area contributed by atoms with Crippen molar-refractivity contribution in [1.29, 1.82) is 0 Å². The maximum absolute atomic E-state index is 12.1. The Morgan fingerprint density at radius 3 is 2.81 bits per heavy atom. The standard InChI is InChI=1S/C18H14ClN5O2S/c1-26-12-5-3-11(4-6-12)20-15(25)9-27-18-22-17-16(23-24-18)13-8-10(19)2-7-14(13)21-17/h2-8H,9H2,1H3,(H,20,25)(H,21,22,24). The van der Waals surface area contributed by atoms with Crippen molar-refractivity contribution in [2.24, 2.45) is 0 Å². The summed E-state index contributed by atoms with van der Waals surface area (Å²) in [5.74, 6) is 0.748. The minimum Gasteiger partial charge on any atom is -0.497 e. The highest BCUT2D eigenvalue weighted by atomic mass is 35.5. The van der Waals surface area contributed by atoms with Crippen molar-refractivity contribution in [3.63, 3.8) is 0 Å². The topological polar surface area (TPSA) is 92.8 Å². The molecule has 2 aromatic carbocycles. The average Bonchev–Trinajstić information content (AvgIpc) is 3.04. The summed E-state index contributed by atoms with van der Waals surface area (Å²) < 4.78 is 5.09. The number of fused-ring (bicyclic) bond motifs is 3. The van der Waals surface area contributed by atoms with E-state index in [0.717, 1.165) is 16.7 Å². The Bertz CT molecular complexity index is 1130. The van der Waals surface area contributed by atoms with E-state index in [2.05, 4.69) is 25.5 Å². The normalized spacial score (nSPS) is 11.0. The molecule has 0 spiro atoms. The first-order chi connectivity index (χ1) is 13.1. The van der Waals surface area contributed by atoms with Crippen LogP contribution in [0.1, 0.15) is 0 Å². The third-order valence-corrected chi connectivity index (χ3v) is 4.94. The lowest BCUT2D eigenvalue weighted by atomic mass is 10.2. The van der Waals surface area contributed by atoms with E-state index in [-0.39, 0.29) is 11.7 Å². The van der Waals surface area contributed by atoms with Gasteiger partial charge in [-0.15, -0.1) is 10.2 Å². The van der Waals surface area contributed by atoms with Crippen LogP contribution in [0.4, 0.5) is 5.69 Å². The second-order valence-electron chi connectivity index (χ2n) is 5.67.